The van der Waals surface area contributed by atoms with Gasteiger partial charge in [-0.2, -0.15) is 0 Å². The van der Waals surface area contributed by atoms with Gasteiger partial charge < -0.3 is 14.7 Å². The number of fused-ring (bicyclic) bond motifs is 11. The number of hydrogen-bond acceptors (Lipinski definition) is 3. The van der Waals surface area contributed by atoms with E-state index in [1.807, 2.05) is 0 Å². The van der Waals surface area contributed by atoms with Crippen LogP contribution in [0.4, 0.5) is 51.2 Å². The Kier molecular flexibility index (Phi) is 23.4. The van der Waals surface area contributed by atoms with Crippen molar-refractivity contribution in [3.05, 3.63) is 561 Å². The molecule has 21 aromatic rings. The third-order valence-corrected chi connectivity index (χ3v) is 29.6. The lowest BCUT2D eigenvalue weighted by Crippen LogP contribution is -2.21. The first kappa shape index (κ1) is 87.1. The van der Waals surface area contributed by atoms with E-state index in [0.717, 1.165) is 45.5 Å². The molecule has 4 aliphatic carbocycles. The predicted molar refractivity (Wildman–Crippen MR) is 592 cm³/mol. The Hall–Kier alpha value is -17.0. The highest BCUT2D eigenvalue weighted by molar-refractivity contribution is 5.93. The first-order valence-corrected chi connectivity index (χ1v) is 49.3. The normalized spacial score (nSPS) is 13.2. The Morgan fingerprint density at radius 3 is 0.643 bits per heavy atom. The van der Waals surface area contributed by atoms with Gasteiger partial charge in [-0.25, -0.2) is 0 Å². The first-order valence-electron chi connectivity index (χ1n) is 49.3. The summed E-state index contributed by atoms with van der Waals surface area (Å²) in [7, 11) is 0. The molecule has 0 amide bonds. The minimum absolute atomic E-state index is 0.0689. The molecule has 0 radical (unpaired) electrons. The molecule has 0 bridgehead atoms. The molecule has 0 atom stereocenters. The second-order valence-corrected chi connectivity index (χ2v) is 38.6. The second-order valence-electron chi connectivity index (χ2n) is 38.6. The SMILES string of the molecule is CC1(C)c2ccccc2-c2ccc(N(c3ccc(-c4ccccc4)cc3)c3ccc(-c4ccc(-c5ccccc5)cc4)cc3)cc21.CC1(C)c2ccccc2-c2ccc(N(c3ccc(-c4ccccc4)cc3)c3ccc(-c4ccccc4-c4ccccc4)cc3)cc21.c1ccc(-c2ccc(N(c3ccc(-c4cccc(-c5ccccc5)c4)cc3)c3ccc4c(c3)C3(CCCC3)c3ccccc3-4)cc2)cc1. The van der Waals surface area contributed by atoms with Gasteiger partial charge in [-0.3, -0.25) is 0 Å². The van der Waals surface area contributed by atoms with Crippen LogP contribution < -0.4 is 14.7 Å². The van der Waals surface area contributed by atoms with Crippen LogP contribution in [0.25, 0.3) is 134 Å². The van der Waals surface area contributed by atoms with E-state index in [1.54, 1.807) is 0 Å². The van der Waals surface area contributed by atoms with Crippen LogP contribution in [0.5, 0.6) is 0 Å². The fraction of sp³-hybridized carbons (Fsp3) is 0.0803. The molecule has 1 spiro atoms. The molecule has 21 aromatic carbocycles. The standard InChI is InChI=1S/C47H37N.2C45H35N/c1-3-12-34(13-4-1)36-20-24-40(25-21-36)48(41-26-22-37(23-27-41)39-17-11-16-38(32-39)35-14-5-2-6-15-35)42-28-29-44-43-18-7-8-19-45(43)47(46(44)33-42)30-9-10-31-47;1-45(2)43-20-12-11-19-41(43)42-30-29-38(31-44(42)45)46(36-25-21-33(22-26-36)32-13-5-3-6-14-32)37-27-23-35(24-28-37)40-18-10-9-17-39(40)34-15-7-4-8-16-34;1-45(2)43-16-10-9-15-41(43)42-30-29-40(31-44(42)45)46(38-25-21-36(22-26-38)33-13-7-4-8-14-33)39-27-23-37(24-28-39)35-19-17-34(18-20-35)32-11-5-3-6-12-32/h1-8,11-29,32-33H,9-10,30-31H2;2*3-31H,1-2H3. The van der Waals surface area contributed by atoms with E-state index in [0.29, 0.717) is 0 Å². The summed E-state index contributed by atoms with van der Waals surface area (Å²) < 4.78 is 0. The Morgan fingerprint density at radius 2 is 0.329 bits per heavy atom. The van der Waals surface area contributed by atoms with Crippen molar-refractivity contribution in [2.75, 3.05) is 14.7 Å². The van der Waals surface area contributed by atoms with Gasteiger partial charge in [0.1, 0.15) is 0 Å². The van der Waals surface area contributed by atoms with Gasteiger partial charge in [0.05, 0.1) is 0 Å². The maximum atomic E-state index is 2.50. The summed E-state index contributed by atoms with van der Waals surface area (Å²) in [5.41, 5.74) is 49.1. The largest absolute Gasteiger partial charge is 0.310 e. The van der Waals surface area contributed by atoms with Crippen LogP contribution in [0.15, 0.2) is 528 Å². The molecule has 1 saturated carbocycles. The molecule has 140 heavy (non-hydrogen) atoms. The topological polar surface area (TPSA) is 9.72 Å². The lowest BCUT2D eigenvalue weighted by molar-refractivity contribution is 0.550. The van der Waals surface area contributed by atoms with Gasteiger partial charge in [-0.15, -0.1) is 0 Å². The van der Waals surface area contributed by atoms with Crippen molar-refractivity contribution >= 4 is 51.2 Å². The maximum Gasteiger partial charge on any atom is 0.0465 e. The Labute approximate surface area is 824 Å². The molecular formula is C137H107N3. The summed E-state index contributed by atoms with van der Waals surface area (Å²) in [4.78, 5) is 7.21. The highest BCUT2D eigenvalue weighted by Gasteiger charge is 2.46. The zero-order valence-corrected chi connectivity index (χ0v) is 79.4. The monoisotopic (exact) mass is 1790 g/mol. The average Bonchev–Trinajstić information content (AvgIpc) is 1.58. The van der Waals surface area contributed by atoms with E-state index in [4.69, 9.17) is 0 Å². The first-order chi connectivity index (χ1) is 68.9. The van der Waals surface area contributed by atoms with E-state index in [9.17, 15) is 0 Å². The molecule has 0 N–H and O–H groups in total. The zero-order valence-electron chi connectivity index (χ0n) is 79.4. The van der Waals surface area contributed by atoms with Gasteiger partial charge in [0.25, 0.3) is 0 Å². The molecule has 25 rings (SSSR count). The van der Waals surface area contributed by atoms with E-state index in [1.165, 1.54) is 198 Å². The molecule has 0 aliphatic heterocycles. The van der Waals surface area contributed by atoms with Crippen LogP contribution in [0.3, 0.4) is 0 Å². The molecule has 3 nitrogen and oxygen atoms in total. The van der Waals surface area contributed by atoms with E-state index < -0.39 is 0 Å². The lowest BCUT2D eigenvalue weighted by atomic mass is 9.76. The molecule has 0 aromatic heterocycles. The summed E-state index contributed by atoms with van der Waals surface area (Å²) in [6.45, 7) is 9.38. The van der Waals surface area contributed by atoms with Crippen molar-refractivity contribution < 1.29 is 0 Å². The molecule has 0 heterocycles. The van der Waals surface area contributed by atoms with E-state index >= 15 is 0 Å². The fourth-order valence-corrected chi connectivity index (χ4v) is 22.4. The van der Waals surface area contributed by atoms with Crippen molar-refractivity contribution in [3.63, 3.8) is 0 Å². The number of anilines is 9. The van der Waals surface area contributed by atoms with Gasteiger partial charge in [0.2, 0.25) is 0 Å². The second kappa shape index (κ2) is 37.6. The average molecular weight is 1800 g/mol. The van der Waals surface area contributed by atoms with Crippen LogP contribution >= 0.6 is 0 Å². The molecule has 0 saturated heterocycles. The lowest BCUT2D eigenvalue weighted by Gasteiger charge is -2.30. The molecule has 1 fully saturated rings. The smallest absolute Gasteiger partial charge is 0.0465 e. The van der Waals surface area contributed by atoms with Crippen molar-refractivity contribution in [2.24, 2.45) is 0 Å². The predicted octanol–water partition coefficient (Wildman–Crippen LogP) is 37.9. The van der Waals surface area contributed by atoms with Crippen LogP contribution in [0.2, 0.25) is 0 Å². The molecule has 0 unspecified atom stereocenters. The molecular weight excluding hydrogens is 1690 g/mol. The van der Waals surface area contributed by atoms with Gasteiger partial charge in [0, 0.05) is 67.4 Å². The van der Waals surface area contributed by atoms with Crippen LogP contribution in [-0.4, -0.2) is 0 Å². The fourth-order valence-electron chi connectivity index (χ4n) is 22.4. The van der Waals surface area contributed by atoms with Crippen LogP contribution in [-0.2, 0) is 16.2 Å². The number of hydrogen-bond donors (Lipinski definition) is 0. The third-order valence-electron chi connectivity index (χ3n) is 29.6. The van der Waals surface area contributed by atoms with E-state index in [-0.39, 0.29) is 16.2 Å². The van der Waals surface area contributed by atoms with Crippen LogP contribution in [0, 0.1) is 0 Å². The van der Waals surface area contributed by atoms with Gasteiger partial charge in [0.15, 0.2) is 0 Å². The minimum atomic E-state index is -0.0736. The third kappa shape index (κ3) is 16.7. The molecule has 4 aliphatic rings. The molecule has 670 valence electrons. The maximum absolute atomic E-state index is 2.50. The zero-order chi connectivity index (χ0) is 94.1. The summed E-state index contributed by atoms with van der Waals surface area (Å²) in [6, 6.07) is 192. The van der Waals surface area contributed by atoms with Crippen molar-refractivity contribution in [3.8, 4) is 134 Å². The van der Waals surface area contributed by atoms with Crippen molar-refractivity contribution in [1.82, 2.24) is 0 Å². The number of benzene rings is 21. The minimum Gasteiger partial charge on any atom is -0.310 e. The van der Waals surface area contributed by atoms with Crippen molar-refractivity contribution in [1.29, 1.82) is 0 Å². The highest BCUT2D eigenvalue weighted by Crippen LogP contribution is 2.59. The van der Waals surface area contributed by atoms with Crippen LogP contribution in [0.1, 0.15) is 86.8 Å². The molecule has 3 heteroatoms. The summed E-state index contributed by atoms with van der Waals surface area (Å²) in [6.07, 6.45) is 5.02. The van der Waals surface area contributed by atoms with Gasteiger partial charge in [-0.05, 0) is 295 Å². The summed E-state index contributed by atoms with van der Waals surface area (Å²) >= 11 is 0. The Morgan fingerprint density at radius 1 is 0.136 bits per heavy atom. The van der Waals surface area contributed by atoms with Gasteiger partial charge in [-0.1, -0.05) is 453 Å². The Balaban J connectivity index is 0.000000117. The van der Waals surface area contributed by atoms with E-state index in [2.05, 4.69) is 570 Å². The van der Waals surface area contributed by atoms with Crippen molar-refractivity contribution in [2.45, 2.75) is 69.6 Å². The Bertz CT molecular complexity index is 7990. The highest BCUT2D eigenvalue weighted by atomic mass is 15.2. The summed E-state index contributed by atoms with van der Waals surface area (Å²) in [5.74, 6) is 0. The summed E-state index contributed by atoms with van der Waals surface area (Å²) in [5, 5.41) is 0. The number of nitrogens with zero attached hydrogens (tertiary/aromatic N) is 3. The quantitative estimate of drug-likeness (QED) is 0.0848. The number of rotatable bonds is 18. The van der Waals surface area contributed by atoms with Gasteiger partial charge >= 0.3 is 0 Å².